The molecule has 1 fully saturated rings. The van der Waals surface area contributed by atoms with E-state index in [1.807, 2.05) is 6.92 Å². The van der Waals surface area contributed by atoms with Gasteiger partial charge in [-0.2, -0.15) is 9.40 Å². The molecular formula is C20H22ClN5O3S. The first kappa shape index (κ1) is 20.8. The van der Waals surface area contributed by atoms with Crippen LogP contribution >= 0.6 is 11.6 Å². The number of anilines is 1. The van der Waals surface area contributed by atoms with E-state index in [0.717, 1.165) is 30.3 Å². The minimum Gasteiger partial charge on any atom is -0.322 e. The van der Waals surface area contributed by atoms with Gasteiger partial charge in [0.05, 0.1) is 16.3 Å². The molecule has 8 nitrogen and oxygen atoms in total. The van der Waals surface area contributed by atoms with Crippen molar-refractivity contribution >= 4 is 44.3 Å². The number of benzene rings is 1. The number of rotatable bonds is 4. The van der Waals surface area contributed by atoms with Gasteiger partial charge in [-0.15, -0.1) is 0 Å². The van der Waals surface area contributed by atoms with Crippen LogP contribution in [0.2, 0.25) is 5.02 Å². The number of halogens is 1. The van der Waals surface area contributed by atoms with Crippen LogP contribution in [0.4, 0.5) is 5.69 Å². The zero-order valence-electron chi connectivity index (χ0n) is 16.7. The molecule has 0 unspecified atom stereocenters. The zero-order chi connectivity index (χ0) is 21.5. The topological polar surface area (TPSA) is 97.2 Å². The van der Waals surface area contributed by atoms with Gasteiger partial charge in [0, 0.05) is 37.4 Å². The molecule has 0 aliphatic carbocycles. The fourth-order valence-electron chi connectivity index (χ4n) is 3.66. The highest BCUT2D eigenvalue weighted by molar-refractivity contribution is 7.89. The van der Waals surface area contributed by atoms with E-state index in [0.29, 0.717) is 30.0 Å². The number of aryl methyl sites for hydroxylation is 2. The first-order valence-electron chi connectivity index (χ1n) is 9.68. The Hall–Kier alpha value is -2.49. The molecule has 30 heavy (non-hydrogen) atoms. The fraction of sp³-hybridized carbons (Fsp3) is 0.350. The molecule has 0 radical (unpaired) electrons. The van der Waals surface area contributed by atoms with Gasteiger partial charge >= 0.3 is 0 Å². The molecular weight excluding hydrogens is 426 g/mol. The summed E-state index contributed by atoms with van der Waals surface area (Å²) in [6.45, 7) is 2.80. The summed E-state index contributed by atoms with van der Waals surface area (Å²) in [6.07, 6.45) is 4.15. The molecule has 0 saturated carbocycles. The van der Waals surface area contributed by atoms with Crippen LogP contribution in [0.3, 0.4) is 0 Å². The lowest BCUT2D eigenvalue weighted by atomic mass is 10.2. The number of carbonyl (C=O) groups is 1. The molecule has 0 bridgehead atoms. The Morgan fingerprint density at radius 3 is 2.63 bits per heavy atom. The number of amides is 1. The summed E-state index contributed by atoms with van der Waals surface area (Å²) in [5, 5.41) is 7.97. The summed E-state index contributed by atoms with van der Waals surface area (Å²) >= 11 is 6.20. The van der Waals surface area contributed by atoms with Crippen LogP contribution in [0.15, 0.2) is 35.4 Å². The Labute approximate surface area is 179 Å². The summed E-state index contributed by atoms with van der Waals surface area (Å²) in [5.74, 6) is -0.392. The van der Waals surface area contributed by atoms with Gasteiger partial charge in [-0.3, -0.25) is 9.48 Å². The third-order valence-electron chi connectivity index (χ3n) is 5.25. The smallest absolute Gasteiger partial charge is 0.257 e. The van der Waals surface area contributed by atoms with Crippen molar-refractivity contribution in [2.24, 2.45) is 7.05 Å². The van der Waals surface area contributed by atoms with Crippen LogP contribution in [0, 0.1) is 6.92 Å². The standard InChI is InChI=1S/C20H22ClN5O3S/c1-13-16-10-14(12-22-19(16)25(2)24-13)20(27)23-15-6-7-17(21)18(11-15)30(28,29)26-8-4-3-5-9-26/h6-7,10-12H,3-5,8-9H2,1-2H3,(H,23,27). The van der Waals surface area contributed by atoms with Crippen molar-refractivity contribution in [2.45, 2.75) is 31.1 Å². The Morgan fingerprint density at radius 1 is 1.17 bits per heavy atom. The second kappa shape index (κ2) is 7.98. The monoisotopic (exact) mass is 447 g/mol. The number of aromatic nitrogens is 3. The average Bonchev–Trinajstić information content (AvgIpc) is 3.03. The SMILES string of the molecule is Cc1nn(C)c2ncc(C(=O)Nc3ccc(Cl)c(S(=O)(=O)N4CCCCC4)c3)cc12. The number of fused-ring (bicyclic) bond motifs is 1. The van der Waals surface area contributed by atoms with E-state index < -0.39 is 15.9 Å². The molecule has 4 rings (SSSR count). The average molecular weight is 448 g/mol. The summed E-state index contributed by atoms with van der Waals surface area (Å²) in [6, 6.07) is 6.20. The summed E-state index contributed by atoms with van der Waals surface area (Å²) < 4.78 is 29.1. The predicted molar refractivity (Wildman–Crippen MR) is 115 cm³/mol. The van der Waals surface area contributed by atoms with Crippen LogP contribution < -0.4 is 5.32 Å². The van der Waals surface area contributed by atoms with Gasteiger partial charge in [0.25, 0.3) is 5.91 Å². The zero-order valence-corrected chi connectivity index (χ0v) is 18.3. The molecule has 1 aromatic carbocycles. The number of nitrogens with one attached hydrogen (secondary N) is 1. The quantitative estimate of drug-likeness (QED) is 0.661. The maximum absolute atomic E-state index is 13.0. The molecule has 1 aliphatic heterocycles. The molecule has 1 aliphatic rings. The minimum atomic E-state index is -3.72. The number of piperidine rings is 1. The number of hydrogen-bond acceptors (Lipinski definition) is 5. The van der Waals surface area contributed by atoms with Gasteiger partial charge in [0.2, 0.25) is 10.0 Å². The maximum Gasteiger partial charge on any atom is 0.257 e. The van der Waals surface area contributed by atoms with Gasteiger partial charge < -0.3 is 5.32 Å². The van der Waals surface area contributed by atoms with Crippen molar-refractivity contribution in [3.63, 3.8) is 0 Å². The number of sulfonamides is 1. The molecule has 3 heterocycles. The Morgan fingerprint density at radius 2 is 1.90 bits per heavy atom. The van der Waals surface area contributed by atoms with Crippen molar-refractivity contribution < 1.29 is 13.2 Å². The van der Waals surface area contributed by atoms with E-state index in [9.17, 15) is 13.2 Å². The summed E-state index contributed by atoms with van der Waals surface area (Å²) in [7, 11) is -1.93. The van der Waals surface area contributed by atoms with Gasteiger partial charge in [0.1, 0.15) is 4.90 Å². The first-order valence-corrected chi connectivity index (χ1v) is 11.5. The highest BCUT2D eigenvalue weighted by Crippen LogP contribution is 2.29. The van der Waals surface area contributed by atoms with E-state index in [4.69, 9.17) is 11.6 Å². The molecule has 10 heteroatoms. The largest absolute Gasteiger partial charge is 0.322 e. The predicted octanol–water partition coefficient (Wildman–Crippen LogP) is 3.36. The van der Waals surface area contributed by atoms with Gasteiger partial charge in [0.15, 0.2) is 5.65 Å². The molecule has 2 aromatic heterocycles. The van der Waals surface area contributed by atoms with E-state index in [1.54, 1.807) is 23.9 Å². The molecule has 1 saturated heterocycles. The minimum absolute atomic E-state index is 0.000507. The first-order chi connectivity index (χ1) is 14.3. The van der Waals surface area contributed by atoms with Gasteiger partial charge in [-0.1, -0.05) is 18.0 Å². The second-order valence-electron chi connectivity index (χ2n) is 7.37. The van der Waals surface area contributed by atoms with E-state index in [-0.39, 0.29) is 9.92 Å². The Bertz CT molecular complexity index is 1230. The molecule has 3 aromatic rings. The Balaban J connectivity index is 1.61. The molecule has 158 valence electrons. The van der Waals surface area contributed by atoms with Gasteiger partial charge in [-0.25, -0.2) is 13.4 Å². The third-order valence-corrected chi connectivity index (χ3v) is 7.63. The number of hydrogen-bond donors (Lipinski definition) is 1. The van der Waals surface area contributed by atoms with Crippen LogP contribution in [-0.4, -0.2) is 46.5 Å². The van der Waals surface area contributed by atoms with Crippen LogP contribution in [0.1, 0.15) is 35.3 Å². The number of carbonyl (C=O) groups excluding carboxylic acids is 1. The lowest BCUT2D eigenvalue weighted by Gasteiger charge is -2.26. The third kappa shape index (κ3) is 3.80. The summed E-state index contributed by atoms with van der Waals surface area (Å²) in [4.78, 5) is 17.1. The van der Waals surface area contributed by atoms with Crippen molar-refractivity contribution in [1.29, 1.82) is 0 Å². The van der Waals surface area contributed by atoms with Crippen LogP contribution in [0.25, 0.3) is 11.0 Å². The number of pyridine rings is 1. The highest BCUT2D eigenvalue weighted by atomic mass is 35.5. The van der Waals surface area contributed by atoms with E-state index in [1.165, 1.54) is 22.6 Å². The van der Waals surface area contributed by atoms with Crippen molar-refractivity contribution in [3.8, 4) is 0 Å². The normalized spacial score (nSPS) is 15.4. The lowest BCUT2D eigenvalue weighted by molar-refractivity contribution is 0.102. The van der Waals surface area contributed by atoms with Gasteiger partial charge in [-0.05, 0) is 44.0 Å². The van der Waals surface area contributed by atoms with Crippen molar-refractivity contribution in [2.75, 3.05) is 18.4 Å². The molecule has 1 amide bonds. The molecule has 0 atom stereocenters. The molecule has 1 N–H and O–H groups in total. The van der Waals surface area contributed by atoms with Crippen LogP contribution in [0.5, 0.6) is 0 Å². The lowest BCUT2D eigenvalue weighted by Crippen LogP contribution is -2.35. The fourth-order valence-corrected chi connectivity index (χ4v) is 5.68. The van der Waals surface area contributed by atoms with Crippen LogP contribution in [-0.2, 0) is 17.1 Å². The summed E-state index contributed by atoms with van der Waals surface area (Å²) in [5.41, 5.74) is 2.17. The van der Waals surface area contributed by atoms with E-state index >= 15 is 0 Å². The number of nitrogens with zero attached hydrogens (tertiary/aromatic N) is 4. The van der Waals surface area contributed by atoms with Crippen molar-refractivity contribution in [1.82, 2.24) is 19.1 Å². The maximum atomic E-state index is 13.0. The van der Waals surface area contributed by atoms with Crippen molar-refractivity contribution in [3.05, 3.63) is 46.7 Å². The molecule has 0 spiro atoms. The second-order valence-corrected chi connectivity index (χ2v) is 9.68. The Kier molecular flexibility index (Phi) is 5.52. The van der Waals surface area contributed by atoms with E-state index in [2.05, 4.69) is 15.4 Å². The highest BCUT2D eigenvalue weighted by Gasteiger charge is 2.28.